The topological polar surface area (TPSA) is 47.6 Å². The molecule has 2 rings (SSSR count). The number of carbonyl (C=O) groups excluding carboxylic acids is 1. The molecule has 0 aliphatic carbocycles. The first-order valence-corrected chi connectivity index (χ1v) is 7.53. The molecule has 0 aromatic carbocycles. The minimum atomic E-state index is -0.138. The van der Waals surface area contributed by atoms with E-state index < -0.39 is 0 Å². The number of carbonyl (C=O) groups is 1. The number of rotatable bonds is 5. The second-order valence-corrected chi connectivity index (χ2v) is 6.24. The van der Waals surface area contributed by atoms with Crippen LogP contribution in [0, 0.1) is 5.92 Å². The van der Waals surface area contributed by atoms with Crippen LogP contribution in [0.1, 0.15) is 23.8 Å². The van der Waals surface area contributed by atoms with Gasteiger partial charge in [-0.25, -0.2) is 0 Å². The molecule has 1 unspecified atom stereocenters. The summed E-state index contributed by atoms with van der Waals surface area (Å²) in [5.41, 5.74) is 0. The molecule has 0 saturated carbocycles. The van der Waals surface area contributed by atoms with Gasteiger partial charge < -0.3 is 14.8 Å². The first-order valence-electron chi connectivity index (χ1n) is 6.34. The number of thiophene rings is 1. The predicted octanol–water partition coefficient (Wildman–Crippen LogP) is 2.63. The summed E-state index contributed by atoms with van der Waals surface area (Å²) in [5, 5.41) is 2.96. The van der Waals surface area contributed by atoms with Gasteiger partial charge in [0.05, 0.1) is 4.34 Å². The van der Waals surface area contributed by atoms with Crippen LogP contribution in [0.4, 0.5) is 0 Å². The van der Waals surface area contributed by atoms with E-state index in [-0.39, 0.29) is 17.9 Å². The van der Waals surface area contributed by atoms with E-state index in [0.717, 1.165) is 22.1 Å². The number of hydrogen-bond donors (Lipinski definition) is 1. The summed E-state index contributed by atoms with van der Waals surface area (Å²) >= 11 is 7.38. The highest BCUT2D eigenvalue weighted by atomic mass is 35.5. The molecule has 6 heteroatoms. The minimum absolute atomic E-state index is 0.0678. The van der Waals surface area contributed by atoms with Gasteiger partial charge in [-0.3, -0.25) is 4.79 Å². The quantitative estimate of drug-likeness (QED) is 0.909. The highest BCUT2D eigenvalue weighted by molar-refractivity contribution is 7.16. The van der Waals surface area contributed by atoms with Gasteiger partial charge in [0.15, 0.2) is 0 Å². The Hall–Kier alpha value is -0.620. The van der Waals surface area contributed by atoms with Crippen molar-refractivity contribution in [3.8, 4) is 0 Å². The van der Waals surface area contributed by atoms with E-state index in [9.17, 15) is 4.79 Å². The summed E-state index contributed by atoms with van der Waals surface area (Å²) in [5.74, 6) is 0.159. The smallest absolute Gasteiger partial charge is 0.223 e. The molecule has 0 radical (unpaired) electrons. The summed E-state index contributed by atoms with van der Waals surface area (Å²) < 4.78 is 11.4. The van der Waals surface area contributed by atoms with Gasteiger partial charge in [-0.05, 0) is 25.0 Å². The first-order chi connectivity index (χ1) is 9.20. The zero-order valence-corrected chi connectivity index (χ0v) is 12.4. The van der Waals surface area contributed by atoms with Gasteiger partial charge >= 0.3 is 0 Å². The third-order valence-electron chi connectivity index (χ3n) is 3.25. The number of hydrogen-bond acceptors (Lipinski definition) is 4. The predicted molar refractivity (Wildman–Crippen MR) is 75.6 cm³/mol. The Bertz CT molecular complexity index is 418. The average Bonchev–Trinajstić information content (AvgIpc) is 2.87. The van der Waals surface area contributed by atoms with Crippen molar-refractivity contribution < 1.29 is 14.3 Å². The molecule has 1 fully saturated rings. The van der Waals surface area contributed by atoms with Crippen molar-refractivity contribution in [2.75, 3.05) is 26.9 Å². The zero-order chi connectivity index (χ0) is 13.7. The molecule has 4 nitrogen and oxygen atoms in total. The van der Waals surface area contributed by atoms with Crippen molar-refractivity contribution in [2.45, 2.75) is 18.9 Å². The maximum absolute atomic E-state index is 12.0. The Balaban J connectivity index is 1.84. The van der Waals surface area contributed by atoms with Crippen LogP contribution < -0.4 is 5.32 Å². The van der Waals surface area contributed by atoms with Crippen molar-refractivity contribution in [2.24, 2.45) is 5.92 Å². The molecular weight excluding hydrogens is 286 g/mol. The molecule has 1 saturated heterocycles. The van der Waals surface area contributed by atoms with Crippen molar-refractivity contribution in [1.29, 1.82) is 0 Å². The van der Waals surface area contributed by atoms with Crippen LogP contribution >= 0.6 is 22.9 Å². The molecule has 106 valence electrons. The lowest BCUT2D eigenvalue weighted by molar-refractivity contribution is -0.128. The summed E-state index contributed by atoms with van der Waals surface area (Å²) in [4.78, 5) is 13.0. The lowest BCUT2D eigenvalue weighted by Gasteiger charge is -2.22. The maximum atomic E-state index is 12.0. The van der Waals surface area contributed by atoms with E-state index >= 15 is 0 Å². The highest BCUT2D eigenvalue weighted by Crippen LogP contribution is 2.28. The van der Waals surface area contributed by atoms with Gasteiger partial charge in [-0.2, -0.15) is 0 Å². The molecule has 2 heterocycles. The molecule has 0 bridgehead atoms. The molecule has 1 aromatic heterocycles. The summed E-state index contributed by atoms with van der Waals surface area (Å²) in [7, 11) is 1.64. The second kappa shape index (κ2) is 7.24. The Morgan fingerprint density at radius 2 is 2.32 bits per heavy atom. The highest BCUT2D eigenvalue weighted by Gasteiger charge is 2.22. The van der Waals surface area contributed by atoms with Crippen molar-refractivity contribution in [3.05, 3.63) is 21.3 Å². The summed E-state index contributed by atoms with van der Waals surface area (Å²) in [6, 6.07) is 3.77. The van der Waals surface area contributed by atoms with Crippen LogP contribution in [-0.4, -0.2) is 32.8 Å². The third-order valence-corrected chi connectivity index (χ3v) is 4.57. The fraction of sp³-hybridized carbons (Fsp3) is 0.615. The Morgan fingerprint density at radius 1 is 1.58 bits per heavy atom. The van der Waals surface area contributed by atoms with Crippen molar-refractivity contribution in [1.82, 2.24) is 5.32 Å². The SMILES string of the molecule is COC(CNC(=O)C1CCOCC1)c1ccc(Cl)s1. The maximum Gasteiger partial charge on any atom is 0.223 e. The summed E-state index contributed by atoms with van der Waals surface area (Å²) in [6.07, 6.45) is 1.46. The van der Waals surface area contributed by atoms with Crippen LogP contribution in [0.25, 0.3) is 0 Å². The molecule has 1 aliphatic rings. The van der Waals surface area contributed by atoms with Crippen LogP contribution in [0.3, 0.4) is 0 Å². The van der Waals surface area contributed by atoms with Crippen molar-refractivity contribution in [3.63, 3.8) is 0 Å². The van der Waals surface area contributed by atoms with Gasteiger partial charge in [0.2, 0.25) is 5.91 Å². The molecular formula is C13H18ClNO3S. The van der Waals surface area contributed by atoms with E-state index in [1.165, 1.54) is 11.3 Å². The van der Waals surface area contributed by atoms with Crippen molar-refractivity contribution >= 4 is 28.8 Å². The van der Waals surface area contributed by atoms with Crippen LogP contribution in [-0.2, 0) is 14.3 Å². The van der Waals surface area contributed by atoms with E-state index in [2.05, 4.69) is 5.32 Å². The van der Waals surface area contributed by atoms with Gasteiger partial charge in [0.25, 0.3) is 0 Å². The van der Waals surface area contributed by atoms with Crippen LogP contribution in [0.5, 0.6) is 0 Å². The largest absolute Gasteiger partial charge is 0.381 e. The Labute approximate surface area is 122 Å². The standard InChI is InChI=1S/C13H18ClNO3S/c1-17-10(11-2-3-12(14)19-11)8-15-13(16)9-4-6-18-7-5-9/h2-3,9-10H,4-8H2,1H3,(H,15,16). The number of methoxy groups -OCH3 is 1. The van der Waals surface area contributed by atoms with E-state index in [4.69, 9.17) is 21.1 Å². The van der Waals surface area contributed by atoms with Crippen LogP contribution in [0.15, 0.2) is 12.1 Å². The number of nitrogens with one attached hydrogen (secondary N) is 1. The number of amides is 1. The molecule has 1 N–H and O–H groups in total. The molecule has 1 aliphatic heterocycles. The van der Waals surface area contributed by atoms with E-state index in [1.54, 1.807) is 7.11 Å². The lowest BCUT2D eigenvalue weighted by atomic mass is 9.99. The lowest BCUT2D eigenvalue weighted by Crippen LogP contribution is -2.36. The van der Waals surface area contributed by atoms with Gasteiger partial charge in [-0.15, -0.1) is 11.3 Å². The van der Waals surface area contributed by atoms with Gasteiger partial charge in [-0.1, -0.05) is 11.6 Å². The zero-order valence-electron chi connectivity index (χ0n) is 10.9. The summed E-state index contributed by atoms with van der Waals surface area (Å²) in [6.45, 7) is 1.82. The second-order valence-electron chi connectivity index (χ2n) is 4.50. The minimum Gasteiger partial charge on any atom is -0.381 e. The molecule has 1 aromatic rings. The molecule has 19 heavy (non-hydrogen) atoms. The molecule has 1 amide bonds. The Kier molecular flexibility index (Phi) is 5.63. The fourth-order valence-electron chi connectivity index (χ4n) is 2.10. The monoisotopic (exact) mass is 303 g/mol. The molecule has 0 spiro atoms. The number of ether oxygens (including phenoxy) is 2. The molecule has 1 atom stereocenters. The van der Waals surface area contributed by atoms with Gasteiger partial charge in [0, 0.05) is 37.7 Å². The van der Waals surface area contributed by atoms with E-state index in [1.807, 2.05) is 12.1 Å². The third kappa shape index (κ3) is 4.18. The number of halogens is 1. The Morgan fingerprint density at radius 3 is 2.89 bits per heavy atom. The normalized spacial score (nSPS) is 18.2. The first kappa shape index (κ1) is 14.8. The fourth-order valence-corrected chi connectivity index (χ4v) is 3.24. The average molecular weight is 304 g/mol. The van der Waals surface area contributed by atoms with Gasteiger partial charge in [0.1, 0.15) is 6.10 Å². The van der Waals surface area contributed by atoms with Crippen LogP contribution in [0.2, 0.25) is 4.34 Å². The van der Waals surface area contributed by atoms with E-state index in [0.29, 0.717) is 19.8 Å².